The van der Waals surface area contributed by atoms with Crippen molar-refractivity contribution in [1.82, 2.24) is 9.55 Å². The molecule has 0 saturated carbocycles. The molecule has 2 aromatic heterocycles. The fourth-order valence-corrected chi connectivity index (χ4v) is 7.97. The molecule has 0 unspecified atom stereocenters. The number of allylic oxidation sites excluding steroid dienone is 1. The molecule has 0 bridgehead atoms. The summed E-state index contributed by atoms with van der Waals surface area (Å²) < 4.78 is 96.6. The van der Waals surface area contributed by atoms with Gasteiger partial charge in [-0.3, -0.25) is 4.90 Å². The van der Waals surface area contributed by atoms with Crippen LogP contribution in [0.3, 0.4) is 0 Å². The van der Waals surface area contributed by atoms with Crippen molar-refractivity contribution in [2.75, 3.05) is 9.80 Å². The van der Waals surface area contributed by atoms with Crippen LogP contribution < -0.4 is 14.5 Å². The average Bonchev–Trinajstić information content (AvgIpc) is 3.87. The molecular formula is C55H44N4OPt. The Morgan fingerprint density at radius 3 is 1.93 bits per heavy atom. The van der Waals surface area contributed by atoms with E-state index in [0.717, 1.165) is 38.8 Å². The minimum atomic E-state index is -0.565. The van der Waals surface area contributed by atoms with Gasteiger partial charge in [-0.05, 0) is 77.2 Å². The van der Waals surface area contributed by atoms with Gasteiger partial charge in [0.15, 0.2) is 0 Å². The average molecular weight is 982 g/mol. The molecule has 0 radical (unpaired) electrons. The number of fused-ring (bicyclic) bond motifs is 4. The summed E-state index contributed by atoms with van der Waals surface area (Å²) in [5.74, 6) is 2.14. The van der Waals surface area contributed by atoms with Crippen molar-refractivity contribution >= 4 is 44.6 Å². The van der Waals surface area contributed by atoms with Crippen LogP contribution >= 0.6 is 0 Å². The van der Waals surface area contributed by atoms with E-state index in [1.165, 1.54) is 0 Å². The van der Waals surface area contributed by atoms with E-state index in [2.05, 4.69) is 55.7 Å². The number of aromatic nitrogens is 2. The van der Waals surface area contributed by atoms with Crippen LogP contribution in [0.15, 0.2) is 187 Å². The first-order chi connectivity index (χ1) is 33.4. The molecule has 0 saturated heterocycles. The summed E-state index contributed by atoms with van der Waals surface area (Å²) in [6.45, 7) is 10.3. The Morgan fingerprint density at radius 2 is 1.26 bits per heavy atom. The molecule has 0 spiro atoms. The molecule has 0 atom stereocenters. The number of benzene rings is 7. The van der Waals surface area contributed by atoms with E-state index in [1.807, 2.05) is 96.6 Å². The summed E-state index contributed by atoms with van der Waals surface area (Å²) in [6, 6.07) is 36.0. The second-order valence-electron chi connectivity index (χ2n) is 15.8. The van der Waals surface area contributed by atoms with Gasteiger partial charge < -0.3 is 14.2 Å². The zero-order chi connectivity index (χ0) is 49.7. The number of rotatable bonds is 7. The molecule has 9 aromatic rings. The van der Waals surface area contributed by atoms with Gasteiger partial charge in [0.2, 0.25) is 0 Å². The van der Waals surface area contributed by atoms with Gasteiger partial charge in [-0.25, -0.2) is 4.98 Å². The number of ether oxygens (including phenoxy) is 1. The molecule has 10 rings (SSSR count). The predicted molar refractivity (Wildman–Crippen MR) is 248 cm³/mol. The Balaban J connectivity index is 0.00000624. The summed E-state index contributed by atoms with van der Waals surface area (Å²) in [6.07, 6.45) is 1.83. The first kappa shape index (κ1) is 29.5. The van der Waals surface area contributed by atoms with Crippen molar-refractivity contribution in [2.45, 2.75) is 40.0 Å². The molecule has 7 aromatic carbocycles. The van der Waals surface area contributed by atoms with E-state index in [0.29, 0.717) is 34.4 Å². The zero-order valence-corrected chi connectivity index (χ0v) is 36.3. The van der Waals surface area contributed by atoms with Gasteiger partial charge in [-0.1, -0.05) is 141 Å². The van der Waals surface area contributed by atoms with Crippen LogP contribution in [0.5, 0.6) is 11.5 Å². The van der Waals surface area contributed by atoms with Crippen molar-refractivity contribution in [1.29, 1.82) is 0 Å². The van der Waals surface area contributed by atoms with Crippen LogP contribution in [0.4, 0.5) is 22.7 Å². The maximum absolute atomic E-state index is 9.13. The van der Waals surface area contributed by atoms with Crippen molar-refractivity contribution < 1.29 is 39.5 Å². The largest absolute Gasteiger partial charge is 2.00 e. The first-order valence-corrected chi connectivity index (χ1v) is 19.7. The van der Waals surface area contributed by atoms with E-state index in [4.69, 9.17) is 23.4 Å². The Morgan fingerprint density at radius 1 is 0.639 bits per heavy atom. The summed E-state index contributed by atoms with van der Waals surface area (Å²) in [7, 11) is 0. The third-order valence-corrected chi connectivity index (χ3v) is 10.6. The second-order valence-corrected chi connectivity index (χ2v) is 15.8. The molecular weight excluding hydrogens is 928 g/mol. The summed E-state index contributed by atoms with van der Waals surface area (Å²) in [4.78, 5) is 8.65. The number of anilines is 4. The van der Waals surface area contributed by atoms with E-state index in [9.17, 15) is 0 Å². The number of para-hydroxylation sites is 4. The number of hydrogen-bond acceptors (Lipinski definition) is 4. The number of nitrogens with zero attached hydrogens (tertiary/aromatic N) is 4. The maximum Gasteiger partial charge on any atom is 2.00 e. The molecule has 0 amide bonds. The topological polar surface area (TPSA) is 33.5 Å². The van der Waals surface area contributed by atoms with Crippen LogP contribution in [0, 0.1) is 12.1 Å². The van der Waals surface area contributed by atoms with E-state index >= 15 is 0 Å². The minimum Gasteiger partial charge on any atom is -0.509 e. The van der Waals surface area contributed by atoms with Gasteiger partial charge in [0.25, 0.3) is 0 Å². The molecule has 1 aliphatic heterocycles. The Kier molecular flexibility index (Phi) is 7.78. The zero-order valence-electron chi connectivity index (χ0n) is 44.0. The molecule has 3 heterocycles. The van der Waals surface area contributed by atoms with Crippen molar-refractivity contribution in [3.05, 3.63) is 205 Å². The fourth-order valence-electron chi connectivity index (χ4n) is 7.97. The van der Waals surface area contributed by atoms with Crippen molar-refractivity contribution in [2.24, 2.45) is 0 Å². The number of hydrogen-bond donors (Lipinski definition) is 0. The van der Waals surface area contributed by atoms with E-state index < -0.39 is 60.4 Å². The quantitative estimate of drug-likeness (QED) is 0.149. The van der Waals surface area contributed by atoms with Gasteiger partial charge in [-0.15, -0.1) is 35.7 Å². The van der Waals surface area contributed by atoms with Gasteiger partial charge >= 0.3 is 21.1 Å². The molecule has 1 aliphatic rings. The van der Waals surface area contributed by atoms with Gasteiger partial charge in [-0.2, -0.15) is 12.1 Å². The Bertz CT molecular complexity index is 3550. The van der Waals surface area contributed by atoms with E-state index in [1.54, 1.807) is 24.3 Å². The minimum absolute atomic E-state index is 0. The molecule has 300 valence electrons. The molecule has 61 heavy (non-hydrogen) atoms. The molecule has 5 nitrogen and oxygen atoms in total. The number of pyridine rings is 1. The monoisotopic (exact) mass is 981 g/mol. The third kappa shape index (κ3) is 7.13. The summed E-state index contributed by atoms with van der Waals surface area (Å²) in [5, 5.41) is 2.03. The SMILES string of the molecule is [2H]c1c([2H])c([2H])c(-c2cccc(-c3c([2H])c([2H])c([2H])c([2H])c3[2H])c2N2C(=C(C)C)N(c3[c-]c(Oc4[c-]c5c(cc4)c4ccccc4n5-c4cc(C(C)(C)C)ccn4)ccc3)c3ccccc32)c([2H])c1[2H].[Pt+2]. The van der Waals surface area contributed by atoms with Crippen LogP contribution in [0.2, 0.25) is 0 Å². The first-order valence-electron chi connectivity index (χ1n) is 24.7. The molecule has 0 N–H and O–H groups in total. The smallest absolute Gasteiger partial charge is 0.509 e. The maximum atomic E-state index is 9.13. The molecule has 0 fully saturated rings. The van der Waals surface area contributed by atoms with Crippen LogP contribution in [-0.4, -0.2) is 9.55 Å². The summed E-state index contributed by atoms with van der Waals surface area (Å²) in [5.41, 5.74) is 5.78. The second kappa shape index (κ2) is 16.1. The standard InChI is InChI=1S/C55H44N4O.Pt/c1-37(2)54-57(49-28-14-15-29-50(49)59(54)53-44(38-18-8-6-9-19-38)25-17-26-45(53)39-20-10-7-11-21-39)41-22-16-23-42(35-41)60-43-30-31-47-46-24-12-13-27-48(46)58(51(47)36-43)52-34-40(32-33-56-52)55(3,4)5;/h6-34H,1-5H3;/q-2;+2/i6D,7D,8D,9D,10D,11D,18D,19D,20D,21D;. The van der Waals surface area contributed by atoms with Crippen LogP contribution in [0.1, 0.15) is 53.9 Å². The van der Waals surface area contributed by atoms with Crippen molar-refractivity contribution in [3.8, 4) is 39.6 Å². The fraction of sp³-hybridized carbons (Fsp3) is 0.109. The predicted octanol–water partition coefficient (Wildman–Crippen LogP) is 14.7. The van der Waals surface area contributed by atoms with Gasteiger partial charge in [0.1, 0.15) is 11.6 Å². The summed E-state index contributed by atoms with van der Waals surface area (Å²) >= 11 is 0. The molecule has 0 aliphatic carbocycles. The van der Waals surface area contributed by atoms with Gasteiger partial charge in [0, 0.05) is 34.3 Å². The van der Waals surface area contributed by atoms with Gasteiger partial charge in [0.05, 0.1) is 30.8 Å². The van der Waals surface area contributed by atoms with Crippen molar-refractivity contribution in [3.63, 3.8) is 0 Å². The third-order valence-electron chi connectivity index (χ3n) is 10.6. The van der Waals surface area contributed by atoms with Crippen LogP contribution in [-0.2, 0) is 26.5 Å². The van der Waals surface area contributed by atoms with E-state index in [-0.39, 0.29) is 54.4 Å². The van der Waals surface area contributed by atoms with Crippen LogP contribution in [0.25, 0.3) is 49.9 Å². The molecule has 6 heteroatoms. The normalized spacial score (nSPS) is 14.7. The Hall–Kier alpha value is -6.68. The Labute approximate surface area is 386 Å².